The largest absolute Gasteiger partial charge is 0.337 e. The molecule has 0 aromatic carbocycles. The fraction of sp³-hybridized carbons (Fsp3) is 0.500. The monoisotopic (exact) mass is 348 g/mol. The van der Waals surface area contributed by atoms with E-state index in [-0.39, 0.29) is 5.91 Å². The van der Waals surface area contributed by atoms with Crippen molar-refractivity contribution in [1.29, 1.82) is 0 Å². The predicted molar refractivity (Wildman–Crippen MR) is 90.7 cm³/mol. The van der Waals surface area contributed by atoms with E-state index in [0.29, 0.717) is 17.1 Å². The lowest BCUT2D eigenvalue weighted by Crippen LogP contribution is -2.35. The lowest BCUT2D eigenvalue weighted by molar-refractivity contribution is 0.0761. The summed E-state index contributed by atoms with van der Waals surface area (Å²) >= 11 is 6.10. The molecule has 1 aliphatic heterocycles. The van der Waals surface area contributed by atoms with Gasteiger partial charge in [0.2, 0.25) is 0 Å². The fourth-order valence-corrected chi connectivity index (χ4v) is 3.13. The first-order chi connectivity index (χ1) is 11.7. The second kappa shape index (κ2) is 7.72. The van der Waals surface area contributed by atoms with Gasteiger partial charge in [0.1, 0.15) is 12.2 Å². The van der Waals surface area contributed by atoms with Crippen LogP contribution in [0, 0.1) is 0 Å². The molecule has 2 aromatic rings. The average molecular weight is 349 g/mol. The summed E-state index contributed by atoms with van der Waals surface area (Å²) in [6, 6.07) is 1.68. The molecule has 8 heteroatoms. The van der Waals surface area contributed by atoms with Gasteiger partial charge in [-0.3, -0.25) is 14.7 Å². The second-order valence-electron chi connectivity index (χ2n) is 5.77. The topological polar surface area (TPSA) is 67.2 Å². The van der Waals surface area contributed by atoms with E-state index in [1.165, 1.54) is 6.20 Å². The average Bonchev–Trinajstić information content (AvgIpc) is 2.91. The van der Waals surface area contributed by atoms with Crippen LogP contribution < -0.4 is 0 Å². The molecular formula is C16H21ClN6O. The maximum atomic E-state index is 12.7. The van der Waals surface area contributed by atoms with Gasteiger partial charge in [-0.15, -0.1) is 0 Å². The van der Waals surface area contributed by atoms with Crippen molar-refractivity contribution < 1.29 is 4.79 Å². The Balaban J connectivity index is 1.63. The number of carbonyl (C=O) groups is 1. The van der Waals surface area contributed by atoms with Crippen molar-refractivity contribution in [3.05, 3.63) is 41.2 Å². The molecule has 128 valence electrons. The Morgan fingerprint density at radius 3 is 2.96 bits per heavy atom. The molecule has 1 fully saturated rings. The third kappa shape index (κ3) is 3.73. The molecule has 24 heavy (non-hydrogen) atoms. The second-order valence-corrected chi connectivity index (χ2v) is 6.18. The summed E-state index contributed by atoms with van der Waals surface area (Å²) in [7, 11) is 0. The lowest BCUT2D eigenvalue weighted by Gasteiger charge is -2.22. The van der Waals surface area contributed by atoms with Crippen LogP contribution in [0.15, 0.2) is 24.8 Å². The number of nitrogens with zero attached hydrogens (tertiary/aromatic N) is 6. The van der Waals surface area contributed by atoms with E-state index in [2.05, 4.69) is 26.9 Å². The van der Waals surface area contributed by atoms with Crippen LogP contribution in [0.3, 0.4) is 0 Å². The van der Waals surface area contributed by atoms with Gasteiger partial charge in [-0.25, -0.2) is 9.67 Å². The number of pyridine rings is 1. The van der Waals surface area contributed by atoms with Crippen LogP contribution in [0.5, 0.6) is 0 Å². The minimum Gasteiger partial charge on any atom is -0.337 e. The Hall–Kier alpha value is -1.99. The molecule has 7 nitrogen and oxygen atoms in total. The highest BCUT2D eigenvalue weighted by Gasteiger charge is 2.22. The molecule has 0 unspecified atom stereocenters. The first kappa shape index (κ1) is 16.9. The maximum Gasteiger partial charge on any atom is 0.255 e. The molecular weight excluding hydrogens is 328 g/mol. The third-order valence-corrected chi connectivity index (χ3v) is 4.54. The summed E-state index contributed by atoms with van der Waals surface area (Å²) in [5.74, 6) is 0.940. The molecule has 1 amide bonds. The maximum absolute atomic E-state index is 12.7. The molecule has 3 heterocycles. The molecule has 0 radical (unpaired) electrons. The molecule has 0 bridgehead atoms. The SMILES string of the molecule is CCn1ncnc1CN1CCCN(C(=O)c2ccncc2Cl)CC1. The van der Waals surface area contributed by atoms with Crippen LogP contribution in [-0.4, -0.2) is 61.6 Å². The van der Waals surface area contributed by atoms with E-state index in [1.54, 1.807) is 18.6 Å². The van der Waals surface area contributed by atoms with Crippen LogP contribution in [0.25, 0.3) is 0 Å². The summed E-state index contributed by atoms with van der Waals surface area (Å²) in [6.07, 6.45) is 5.63. The van der Waals surface area contributed by atoms with Gasteiger partial charge in [0, 0.05) is 45.1 Å². The van der Waals surface area contributed by atoms with Crippen molar-refractivity contribution in [3.63, 3.8) is 0 Å². The number of aryl methyl sites for hydroxylation is 1. The normalized spacial score (nSPS) is 16.2. The highest BCUT2D eigenvalue weighted by atomic mass is 35.5. The molecule has 1 saturated heterocycles. The Kier molecular flexibility index (Phi) is 5.42. The fourth-order valence-electron chi connectivity index (χ4n) is 2.93. The standard InChI is InChI=1S/C16H21ClN6O/c1-2-23-15(19-12-20-23)11-21-6-3-7-22(9-8-21)16(24)13-4-5-18-10-14(13)17/h4-5,10,12H,2-3,6-9,11H2,1H3. The molecule has 3 rings (SSSR count). The number of hydrogen-bond acceptors (Lipinski definition) is 5. The number of amides is 1. The number of halogens is 1. The Labute approximate surface area is 146 Å². The zero-order chi connectivity index (χ0) is 16.9. The van der Waals surface area contributed by atoms with Crippen molar-refractivity contribution in [2.75, 3.05) is 26.2 Å². The van der Waals surface area contributed by atoms with E-state index in [0.717, 1.165) is 45.0 Å². The molecule has 0 aliphatic carbocycles. The summed E-state index contributed by atoms with van der Waals surface area (Å²) in [5.41, 5.74) is 0.519. The van der Waals surface area contributed by atoms with Crippen LogP contribution >= 0.6 is 11.6 Å². The number of rotatable bonds is 4. The molecule has 0 saturated carbocycles. The molecule has 0 atom stereocenters. The van der Waals surface area contributed by atoms with Gasteiger partial charge in [0.15, 0.2) is 0 Å². The molecule has 0 spiro atoms. The van der Waals surface area contributed by atoms with Crippen LogP contribution in [0.2, 0.25) is 5.02 Å². The highest BCUT2D eigenvalue weighted by Crippen LogP contribution is 2.17. The van der Waals surface area contributed by atoms with Gasteiger partial charge in [-0.05, 0) is 19.4 Å². The summed E-state index contributed by atoms with van der Waals surface area (Å²) in [6.45, 7) is 6.78. The molecule has 0 N–H and O–H groups in total. The molecule has 2 aromatic heterocycles. The van der Waals surface area contributed by atoms with Gasteiger partial charge in [0.25, 0.3) is 5.91 Å². The zero-order valence-corrected chi connectivity index (χ0v) is 14.5. The van der Waals surface area contributed by atoms with Gasteiger partial charge in [-0.1, -0.05) is 11.6 Å². The Morgan fingerprint density at radius 1 is 1.29 bits per heavy atom. The third-order valence-electron chi connectivity index (χ3n) is 4.24. The summed E-state index contributed by atoms with van der Waals surface area (Å²) in [5, 5.41) is 4.61. The first-order valence-corrected chi connectivity index (χ1v) is 8.54. The lowest BCUT2D eigenvalue weighted by atomic mass is 10.2. The minimum absolute atomic E-state index is 0.0269. The van der Waals surface area contributed by atoms with Crippen molar-refractivity contribution in [2.45, 2.75) is 26.4 Å². The van der Waals surface area contributed by atoms with Crippen molar-refractivity contribution in [2.24, 2.45) is 0 Å². The van der Waals surface area contributed by atoms with Crippen molar-refractivity contribution in [1.82, 2.24) is 29.5 Å². The zero-order valence-electron chi connectivity index (χ0n) is 13.7. The van der Waals surface area contributed by atoms with E-state index >= 15 is 0 Å². The van der Waals surface area contributed by atoms with E-state index in [9.17, 15) is 4.79 Å². The Morgan fingerprint density at radius 2 is 2.17 bits per heavy atom. The quantitative estimate of drug-likeness (QED) is 0.841. The summed E-state index contributed by atoms with van der Waals surface area (Å²) in [4.78, 5) is 25.1. The molecule has 1 aliphatic rings. The van der Waals surface area contributed by atoms with Crippen molar-refractivity contribution in [3.8, 4) is 0 Å². The first-order valence-electron chi connectivity index (χ1n) is 8.17. The van der Waals surface area contributed by atoms with E-state index < -0.39 is 0 Å². The van der Waals surface area contributed by atoms with Crippen LogP contribution in [-0.2, 0) is 13.1 Å². The van der Waals surface area contributed by atoms with Crippen LogP contribution in [0.1, 0.15) is 29.5 Å². The van der Waals surface area contributed by atoms with Crippen LogP contribution in [0.4, 0.5) is 0 Å². The van der Waals surface area contributed by atoms with Gasteiger partial charge < -0.3 is 4.90 Å². The van der Waals surface area contributed by atoms with E-state index in [4.69, 9.17) is 11.6 Å². The predicted octanol–water partition coefficient (Wildman–Crippen LogP) is 1.69. The minimum atomic E-state index is -0.0269. The van der Waals surface area contributed by atoms with Gasteiger partial charge >= 0.3 is 0 Å². The highest BCUT2D eigenvalue weighted by molar-refractivity contribution is 6.33. The van der Waals surface area contributed by atoms with Gasteiger partial charge in [0.05, 0.1) is 17.1 Å². The number of carbonyl (C=O) groups excluding carboxylic acids is 1. The smallest absolute Gasteiger partial charge is 0.255 e. The summed E-state index contributed by atoms with van der Waals surface area (Å²) < 4.78 is 1.91. The van der Waals surface area contributed by atoms with Gasteiger partial charge in [-0.2, -0.15) is 5.10 Å². The number of aromatic nitrogens is 4. The number of hydrogen-bond donors (Lipinski definition) is 0. The Bertz CT molecular complexity index is 703. The van der Waals surface area contributed by atoms with Crippen molar-refractivity contribution >= 4 is 17.5 Å². The van der Waals surface area contributed by atoms with E-state index in [1.807, 2.05) is 9.58 Å².